The van der Waals surface area contributed by atoms with Gasteiger partial charge in [-0.05, 0) is 44.6 Å². The van der Waals surface area contributed by atoms with Crippen LogP contribution < -0.4 is 0 Å². The molecule has 2 nitrogen and oxygen atoms in total. The van der Waals surface area contributed by atoms with Crippen molar-refractivity contribution in [3.05, 3.63) is 34.9 Å². The van der Waals surface area contributed by atoms with Crippen LogP contribution in [-0.4, -0.2) is 35.7 Å². The van der Waals surface area contributed by atoms with Gasteiger partial charge in [0.15, 0.2) is 0 Å². The molecule has 1 aliphatic carbocycles. The molecule has 0 radical (unpaired) electrons. The van der Waals surface area contributed by atoms with E-state index in [0.29, 0.717) is 6.42 Å². The number of likely N-dealkylation sites (N-methyl/N-ethyl adjacent to an activating group) is 1. The van der Waals surface area contributed by atoms with E-state index >= 15 is 0 Å². The third-order valence-corrected chi connectivity index (χ3v) is 4.57. The molecular formula is C15H22ClNO. The molecule has 1 atom stereocenters. The molecule has 18 heavy (non-hydrogen) atoms. The van der Waals surface area contributed by atoms with Gasteiger partial charge in [-0.2, -0.15) is 0 Å². The lowest BCUT2D eigenvalue weighted by Crippen LogP contribution is -2.52. The first-order valence-electron chi connectivity index (χ1n) is 6.64. The number of nitrogens with zero attached hydrogens (tertiary/aromatic N) is 1. The Morgan fingerprint density at radius 1 is 1.22 bits per heavy atom. The summed E-state index contributed by atoms with van der Waals surface area (Å²) in [5.74, 6) is 0. The zero-order valence-corrected chi connectivity index (χ0v) is 12.0. The molecule has 100 valence electrons. The lowest BCUT2D eigenvalue weighted by molar-refractivity contribution is -0.00250. The Labute approximate surface area is 115 Å². The quantitative estimate of drug-likeness (QED) is 0.906. The standard InChI is InChI=1S/C15H22ClNO/c1-17(2)15(9-3-4-10-15)14(18)11-12-5-7-13(16)8-6-12/h5-8,14,18H,3-4,9-11H2,1-2H3. The summed E-state index contributed by atoms with van der Waals surface area (Å²) in [7, 11) is 4.16. The van der Waals surface area contributed by atoms with Crippen LogP contribution in [0.25, 0.3) is 0 Å². The van der Waals surface area contributed by atoms with Gasteiger partial charge in [-0.25, -0.2) is 0 Å². The Kier molecular flexibility index (Phi) is 4.31. The van der Waals surface area contributed by atoms with E-state index in [-0.39, 0.29) is 11.6 Å². The summed E-state index contributed by atoms with van der Waals surface area (Å²) in [6.45, 7) is 0. The van der Waals surface area contributed by atoms with Crippen LogP contribution in [0.4, 0.5) is 0 Å². The number of halogens is 1. The average molecular weight is 268 g/mol. The van der Waals surface area contributed by atoms with Crippen molar-refractivity contribution in [1.29, 1.82) is 0 Å². The van der Waals surface area contributed by atoms with Gasteiger partial charge in [0.1, 0.15) is 0 Å². The monoisotopic (exact) mass is 267 g/mol. The van der Waals surface area contributed by atoms with Crippen molar-refractivity contribution < 1.29 is 5.11 Å². The second kappa shape index (κ2) is 5.60. The van der Waals surface area contributed by atoms with Crippen LogP contribution in [0, 0.1) is 0 Å². The molecule has 1 N–H and O–H groups in total. The van der Waals surface area contributed by atoms with E-state index in [1.54, 1.807) is 0 Å². The van der Waals surface area contributed by atoms with E-state index in [0.717, 1.165) is 23.4 Å². The third-order valence-electron chi connectivity index (χ3n) is 4.32. The third kappa shape index (κ3) is 2.71. The number of hydrogen-bond acceptors (Lipinski definition) is 2. The van der Waals surface area contributed by atoms with Crippen molar-refractivity contribution in [1.82, 2.24) is 4.90 Å². The molecule has 1 unspecified atom stereocenters. The molecule has 1 fully saturated rings. The normalized spacial score (nSPS) is 20.3. The Morgan fingerprint density at radius 3 is 2.28 bits per heavy atom. The zero-order chi connectivity index (χ0) is 13.2. The molecule has 0 amide bonds. The summed E-state index contributed by atoms with van der Waals surface area (Å²) < 4.78 is 0. The molecule has 1 aliphatic rings. The molecule has 0 saturated heterocycles. The first-order chi connectivity index (χ1) is 8.54. The number of aliphatic hydroxyl groups is 1. The van der Waals surface area contributed by atoms with E-state index in [9.17, 15) is 5.11 Å². The van der Waals surface area contributed by atoms with Gasteiger partial charge in [0.2, 0.25) is 0 Å². The fraction of sp³-hybridized carbons (Fsp3) is 0.600. The summed E-state index contributed by atoms with van der Waals surface area (Å²) in [5.41, 5.74) is 1.11. The van der Waals surface area contributed by atoms with Gasteiger partial charge in [-0.1, -0.05) is 36.6 Å². The summed E-state index contributed by atoms with van der Waals surface area (Å²) in [5, 5.41) is 11.4. The van der Waals surface area contributed by atoms with Gasteiger partial charge >= 0.3 is 0 Å². The highest BCUT2D eigenvalue weighted by Crippen LogP contribution is 2.37. The van der Waals surface area contributed by atoms with Gasteiger partial charge in [-0.15, -0.1) is 0 Å². The molecule has 0 aliphatic heterocycles. The van der Waals surface area contributed by atoms with Crippen LogP contribution in [0.15, 0.2) is 24.3 Å². The fourth-order valence-electron chi connectivity index (χ4n) is 3.10. The maximum atomic E-state index is 10.6. The van der Waals surface area contributed by atoms with Gasteiger partial charge in [0, 0.05) is 17.0 Å². The molecule has 1 aromatic rings. The van der Waals surface area contributed by atoms with Crippen LogP contribution in [0.1, 0.15) is 31.2 Å². The first-order valence-corrected chi connectivity index (χ1v) is 7.02. The van der Waals surface area contributed by atoms with Crippen molar-refractivity contribution in [2.24, 2.45) is 0 Å². The van der Waals surface area contributed by atoms with E-state index in [4.69, 9.17) is 11.6 Å². The fourth-order valence-corrected chi connectivity index (χ4v) is 3.23. The molecule has 1 aromatic carbocycles. The summed E-state index contributed by atoms with van der Waals surface area (Å²) in [6.07, 6.45) is 5.01. The van der Waals surface area contributed by atoms with Crippen LogP contribution in [-0.2, 0) is 6.42 Å². The van der Waals surface area contributed by atoms with Crippen LogP contribution >= 0.6 is 11.6 Å². The molecular weight excluding hydrogens is 246 g/mol. The van der Waals surface area contributed by atoms with Crippen LogP contribution in [0.5, 0.6) is 0 Å². The van der Waals surface area contributed by atoms with E-state index in [1.165, 1.54) is 12.8 Å². The Hall–Kier alpha value is -0.570. The largest absolute Gasteiger partial charge is 0.391 e. The van der Waals surface area contributed by atoms with Gasteiger partial charge in [0.25, 0.3) is 0 Å². The smallest absolute Gasteiger partial charge is 0.0763 e. The van der Waals surface area contributed by atoms with E-state index < -0.39 is 0 Å². The SMILES string of the molecule is CN(C)C1(C(O)Cc2ccc(Cl)cc2)CCCC1. The van der Waals surface area contributed by atoms with Crippen molar-refractivity contribution in [2.45, 2.75) is 43.7 Å². The number of hydrogen-bond donors (Lipinski definition) is 1. The lowest BCUT2D eigenvalue weighted by Gasteiger charge is -2.40. The van der Waals surface area contributed by atoms with Crippen molar-refractivity contribution in [3.63, 3.8) is 0 Å². The Bertz CT molecular complexity index is 382. The number of aliphatic hydroxyl groups excluding tert-OH is 1. The molecule has 1 saturated carbocycles. The first kappa shape index (κ1) is 13.9. The zero-order valence-electron chi connectivity index (χ0n) is 11.2. The number of benzene rings is 1. The second-order valence-electron chi connectivity index (χ2n) is 5.55. The summed E-state index contributed by atoms with van der Waals surface area (Å²) in [6, 6.07) is 7.79. The lowest BCUT2D eigenvalue weighted by atomic mass is 9.85. The van der Waals surface area contributed by atoms with Crippen LogP contribution in [0.3, 0.4) is 0 Å². The molecule has 2 rings (SSSR count). The maximum Gasteiger partial charge on any atom is 0.0763 e. The predicted molar refractivity (Wildman–Crippen MR) is 76.0 cm³/mol. The van der Waals surface area contributed by atoms with Gasteiger partial charge in [-0.3, -0.25) is 0 Å². The minimum atomic E-state index is -0.309. The average Bonchev–Trinajstić information content (AvgIpc) is 2.82. The highest BCUT2D eigenvalue weighted by atomic mass is 35.5. The maximum absolute atomic E-state index is 10.6. The Morgan fingerprint density at radius 2 is 1.78 bits per heavy atom. The minimum absolute atomic E-state index is 0.0420. The summed E-state index contributed by atoms with van der Waals surface area (Å²) >= 11 is 5.88. The summed E-state index contributed by atoms with van der Waals surface area (Å²) in [4.78, 5) is 2.21. The molecule has 0 heterocycles. The minimum Gasteiger partial charge on any atom is -0.391 e. The van der Waals surface area contributed by atoms with E-state index in [1.807, 2.05) is 24.3 Å². The Balaban J connectivity index is 2.10. The van der Waals surface area contributed by atoms with E-state index in [2.05, 4.69) is 19.0 Å². The second-order valence-corrected chi connectivity index (χ2v) is 5.99. The molecule has 3 heteroatoms. The van der Waals surface area contributed by atoms with Gasteiger partial charge < -0.3 is 10.0 Å². The highest BCUT2D eigenvalue weighted by molar-refractivity contribution is 6.30. The highest BCUT2D eigenvalue weighted by Gasteiger charge is 2.42. The molecule has 0 bridgehead atoms. The molecule has 0 aromatic heterocycles. The molecule has 0 spiro atoms. The van der Waals surface area contributed by atoms with Crippen molar-refractivity contribution in [3.8, 4) is 0 Å². The number of rotatable bonds is 4. The van der Waals surface area contributed by atoms with Crippen molar-refractivity contribution >= 4 is 11.6 Å². The van der Waals surface area contributed by atoms with Crippen LogP contribution in [0.2, 0.25) is 5.02 Å². The van der Waals surface area contributed by atoms with Gasteiger partial charge in [0.05, 0.1) is 6.10 Å². The topological polar surface area (TPSA) is 23.5 Å². The predicted octanol–water partition coefficient (Wildman–Crippen LogP) is 3.12. The van der Waals surface area contributed by atoms with Crippen molar-refractivity contribution in [2.75, 3.05) is 14.1 Å².